The quantitative estimate of drug-likeness (QED) is 0.898. The Kier molecular flexibility index (Phi) is 2.95. The predicted octanol–water partition coefficient (Wildman–Crippen LogP) is 1.90. The predicted molar refractivity (Wildman–Crippen MR) is 57.1 cm³/mol. The standard InChI is InChI=1S/C8H8BrN3OS/c9-7-4-10-8(14-7)1-6(13)5-2-11-12-3-5/h2-4,6,13H,1H2,(H,11,12). The molecular formula is C8H8BrN3OS. The van der Waals surface area contributed by atoms with E-state index in [0.29, 0.717) is 6.42 Å². The van der Waals surface area contributed by atoms with Crippen LogP contribution in [0.5, 0.6) is 0 Å². The van der Waals surface area contributed by atoms with Crippen LogP contribution in [-0.4, -0.2) is 20.3 Å². The molecule has 2 aromatic rings. The highest BCUT2D eigenvalue weighted by atomic mass is 79.9. The van der Waals surface area contributed by atoms with Gasteiger partial charge >= 0.3 is 0 Å². The van der Waals surface area contributed by atoms with E-state index in [9.17, 15) is 5.11 Å². The minimum atomic E-state index is -0.535. The van der Waals surface area contributed by atoms with Crippen molar-refractivity contribution in [2.75, 3.05) is 0 Å². The molecule has 1 atom stereocenters. The summed E-state index contributed by atoms with van der Waals surface area (Å²) in [5.74, 6) is 0. The van der Waals surface area contributed by atoms with E-state index in [1.54, 1.807) is 18.6 Å². The van der Waals surface area contributed by atoms with Gasteiger partial charge in [-0.15, -0.1) is 11.3 Å². The van der Waals surface area contributed by atoms with Gasteiger partial charge in [0.05, 0.1) is 27.3 Å². The molecule has 2 aromatic heterocycles. The number of nitrogens with one attached hydrogen (secondary N) is 1. The monoisotopic (exact) mass is 273 g/mol. The zero-order valence-electron chi connectivity index (χ0n) is 7.14. The molecule has 0 aliphatic rings. The summed E-state index contributed by atoms with van der Waals surface area (Å²) in [6.07, 6.45) is 5.03. The van der Waals surface area contributed by atoms with E-state index in [1.165, 1.54) is 11.3 Å². The third-order valence-electron chi connectivity index (χ3n) is 1.80. The Morgan fingerprint density at radius 3 is 3.00 bits per heavy atom. The molecule has 2 N–H and O–H groups in total. The molecule has 0 spiro atoms. The second-order valence-electron chi connectivity index (χ2n) is 2.81. The van der Waals surface area contributed by atoms with Gasteiger partial charge in [-0.1, -0.05) is 0 Å². The van der Waals surface area contributed by atoms with Crippen molar-refractivity contribution in [3.8, 4) is 0 Å². The summed E-state index contributed by atoms with van der Waals surface area (Å²) < 4.78 is 0.979. The Hall–Kier alpha value is -0.720. The highest BCUT2D eigenvalue weighted by Gasteiger charge is 2.11. The number of aliphatic hydroxyl groups is 1. The van der Waals surface area contributed by atoms with E-state index in [1.807, 2.05) is 0 Å². The van der Waals surface area contributed by atoms with Gasteiger partial charge in [-0.05, 0) is 15.9 Å². The highest BCUT2D eigenvalue weighted by molar-refractivity contribution is 9.11. The Morgan fingerprint density at radius 1 is 1.57 bits per heavy atom. The smallest absolute Gasteiger partial charge is 0.0966 e. The van der Waals surface area contributed by atoms with Crippen molar-refractivity contribution in [2.45, 2.75) is 12.5 Å². The fourth-order valence-corrected chi connectivity index (χ4v) is 2.45. The molecule has 0 aromatic carbocycles. The first-order valence-corrected chi connectivity index (χ1v) is 5.63. The summed E-state index contributed by atoms with van der Waals surface area (Å²) in [6.45, 7) is 0. The summed E-state index contributed by atoms with van der Waals surface area (Å²) in [7, 11) is 0. The van der Waals surface area contributed by atoms with Crippen molar-refractivity contribution >= 4 is 27.3 Å². The Morgan fingerprint density at radius 2 is 2.43 bits per heavy atom. The van der Waals surface area contributed by atoms with Crippen LogP contribution >= 0.6 is 27.3 Å². The first kappa shape index (κ1) is 9.82. The normalized spacial score (nSPS) is 13.0. The average Bonchev–Trinajstić information content (AvgIpc) is 2.75. The van der Waals surface area contributed by atoms with Crippen molar-refractivity contribution in [1.29, 1.82) is 0 Å². The lowest BCUT2D eigenvalue weighted by atomic mass is 10.1. The lowest BCUT2D eigenvalue weighted by Crippen LogP contribution is -1.99. The zero-order chi connectivity index (χ0) is 9.97. The first-order valence-electron chi connectivity index (χ1n) is 4.02. The van der Waals surface area contributed by atoms with Gasteiger partial charge in [0.15, 0.2) is 0 Å². The van der Waals surface area contributed by atoms with Crippen LogP contribution in [0.2, 0.25) is 0 Å². The van der Waals surface area contributed by atoms with Gasteiger partial charge in [0.25, 0.3) is 0 Å². The van der Waals surface area contributed by atoms with E-state index in [-0.39, 0.29) is 0 Å². The number of thiazole rings is 1. The molecule has 74 valence electrons. The van der Waals surface area contributed by atoms with Crippen molar-refractivity contribution < 1.29 is 5.11 Å². The molecule has 4 nitrogen and oxygen atoms in total. The summed E-state index contributed by atoms with van der Waals surface area (Å²) >= 11 is 4.85. The Bertz CT molecular complexity index is 400. The zero-order valence-corrected chi connectivity index (χ0v) is 9.55. The van der Waals surface area contributed by atoms with Crippen LogP contribution in [0.1, 0.15) is 16.7 Å². The maximum Gasteiger partial charge on any atom is 0.0966 e. The molecule has 0 aliphatic carbocycles. The van der Waals surface area contributed by atoms with E-state index in [2.05, 4.69) is 31.1 Å². The number of H-pyrrole nitrogens is 1. The average molecular weight is 274 g/mol. The third kappa shape index (κ3) is 2.20. The Balaban J connectivity index is 2.05. The van der Waals surface area contributed by atoms with Gasteiger partial charge in [-0.25, -0.2) is 4.98 Å². The number of halogens is 1. The first-order chi connectivity index (χ1) is 6.75. The lowest BCUT2D eigenvalue weighted by Gasteiger charge is -2.04. The van der Waals surface area contributed by atoms with Crippen molar-refractivity contribution in [1.82, 2.24) is 15.2 Å². The van der Waals surface area contributed by atoms with Crippen LogP contribution < -0.4 is 0 Å². The number of hydrogen-bond donors (Lipinski definition) is 2. The van der Waals surface area contributed by atoms with E-state index < -0.39 is 6.10 Å². The summed E-state index contributed by atoms with van der Waals surface area (Å²) in [5.41, 5.74) is 0.788. The summed E-state index contributed by atoms with van der Waals surface area (Å²) in [5, 5.41) is 17.1. The van der Waals surface area contributed by atoms with Crippen molar-refractivity contribution in [3.63, 3.8) is 0 Å². The van der Waals surface area contributed by atoms with Gasteiger partial charge in [-0.2, -0.15) is 5.10 Å². The SMILES string of the molecule is OC(Cc1ncc(Br)s1)c1cn[nH]c1. The van der Waals surface area contributed by atoms with Gasteiger partial charge in [0.1, 0.15) is 0 Å². The number of aromatic nitrogens is 3. The molecule has 0 fully saturated rings. The van der Waals surface area contributed by atoms with Gasteiger partial charge in [-0.3, -0.25) is 5.10 Å². The maximum absolute atomic E-state index is 9.76. The topological polar surface area (TPSA) is 61.8 Å². The third-order valence-corrected chi connectivity index (χ3v) is 3.30. The number of aliphatic hydroxyl groups excluding tert-OH is 1. The van der Waals surface area contributed by atoms with Gasteiger partial charge in [0, 0.05) is 18.2 Å². The van der Waals surface area contributed by atoms with Crippen LogP contribution in [0.25, 0.3) is 0 Å². The molecule has 6 heteroatoms. The van der Waals surface area contributed by atoms with Crippen LogP contribution in [0.3, 0.4) is 0 Å². The molecule has 2 heterocycles. The second-order valence-corrected chi connectivity index (χ2v) is 5.30. The van der Waals surface area contributed by atoms with Gasteiger partial charge < -0.3 is 5.11 Å². The molecule has 14 heavy (non-hydrogen) atoms. The molecule has 0 radical (unpaired) electrons. The molecule has 0 amide bonds. The fourth-order valence-electron chi connectivity index (χ4n) is 1.11. The second kappa shape index (κ2) is 4.20. The molecular weight excluding hydrogens is 266 g/mol. The molecule has 0 saturated carbocycles. The fraction of sp³-hybridized carbons (Fsp3) is 0.250. The van der Waals surface area contributed by atoms with E-state index in [4.69, 9.17) is 0 Å². The highest BCUT2D eigenvalue weighted by Crippen LogP contribution is 2.23. The van der Waals surface area contributed by atoms with Crippen LogP contribution in [0.15, 0.2) is 22.4 Å². The number of nitrogens with zero attached hydrogens (tertiary/aromatic N) is 2. The minimum absolute atomic E-state index is 0.524. The van der Waals surface area contributed by atoms with Crippen molar-refractivity contribution in [2.24, 2.45) is 0 Å². The van der Waals surface area contributed by atoms with E-state index >= 15 is 0 Å². The van der Waals surface area contributed by atoms with Crippen LogP contribution in [-0.2, 0) is 6.42 Å². The molecule has 1 unspecified atom stereocenters. The van der Waals surface area contributed by atoms with Crippen LogP contribution in [0.4, 0.5) is 0 Å². The lowest BCUT2D eigenvalue weighted by molar-refractivity contribution is 0.178. The molecule has 0 aliphatic heterocycles. The largest absolute Gasteiger partial charge is 0.388 e. The molecule has 0 saturated heterocycles. The summed E-state index contributed by atoms with van der Waals surface area (Å²) in [4.78, 5) is 4.15. The Labute approximate surface area is 93.1 Å². The summed E-state index contributed by atoms with van der Waals surface area (Å²) in [6, 6.07) is 0. The maximum atomic E-state index is 9.76. The number of hydrogen-bond acceptors (Lipinski definition) is 4. The van der Waals surface area contributed by atoms with E-state index in [0.717, 1.165) is 14.4 Å². The van der Waals surface area contributed by atoms with Gasteiger partial charge in [0.2, 0.25) is 0 Å². The van der Waals surface area contributed by atoms with Crippen molar-refractivity contribution in [3.05, 3.63) is 32.9 Å². The minimum Gasteiger partial charge on any atom is -0.388 e. The number of rotatable bonds is 3. The number of aromatic amines is 1. The molecule has 0 bridgehead atoms. The molecule has 2 rings (SSSR count). The van der Waals surface area contributed by atoms with Crippen LogP contribution in [0, 0.1) is 0 Å².